The summed E-state index contributed by atoms with van der Waals surface area (Å²) in [5.41, 5.74) is 6.34. The lowest BCUT2D eigenvalue weighted by molar-refractivity contribution is 0.601. The molecule has 0 aromatic heterocycles. The van der Waals surface area contributed by atoms with Crippen molar-refractivity contribution in [3.05, 3.63) is 82.9 Å². The summed E-state index contributed by atoms with van der Waals surface area (Å²) in [5, 5.41) is 6.64. The van der Waals surface area contributed by atoms with E-state index in [9.17, 15) is 8.42 Å². The molecule has 0 aliphatic heterocycles. The Kier molecular flexibility index (Phi) is 6.97. The summed E-state index contributed by atoms with van der Waals surface area (Å²) in [6.07, 6.45) is 0.982. The first-order chi connectivity index (χ1) is 14.7. The maximum Gasteiger partial charge on any atom is 0.261 e. The van der Waals surface area contributed by atoms with Crippen molar-refractivity contribution in [2.45, 2.75) is 39.0 Å². The SMILES string of the molecule is CCc1ccc(NC(=S)Nc2ccc(S(=O)(=O)Nc3c(C)cc(C)cc3C)cc2)cc1. The summed E-state index contributed by atoms with van der Waals surface area (Å²) in [6, 6.07) is 18.5. The highest BCUT2D eigenvalue weighted by atomic mass is 32.2. The summed E-state index contributed by atoms with van der Waals surface area (Å²) in [6.45, 7) is 7.89. The Morgan fingerprint density at radius 3 is 1.81 bits per heavy atom. The Morgan fingerprint density at radius 2 is 1.32 bits per heavy atom. The van der Waals surface area contributed by atoms with Crippen LogP contribution in [0.15, 0.2) is 65.6 Å². The van der Waals surface area contributed by atoms with Crippen LogP contribution in [0.25, 0.3) is 0 Å². The fourth-order valence-electron chi connectivity index (χ4n) is 3.37. The molecular weight excluding hydrogens is 426 g/mol. The first-order valence-corrected chi connectivity index (χ1v) is 11.9. The molecule has 0 aliphatic carbocycles. The molecule has 3 N–H and O–H groups in total. The molecule has 0 heterocycles. The predicted molar refractivity (Wildman–Crippen MR) is 134 cm³/mol. The van der Waals surface area contributed by atoms with Crippen LogP contribution >= 0.6 is 12.2 Å². The number of benzene rings is 3. The van der Waals surface area contributed by atoms with Crippen molar-refractivity contribution in [2.24, 2.45) is 0 Å². The van der Waals surface area contributed by atoms with Crippen LogP contribution in [-0.2, 0) is 16.4 Å². The summed E-state index contributed by atoms with van der Waals surface area (Å²) >= 11 is 5.36. The standard InChI is InChI=1S/C24H27N3O2S2/c1-5-19-6-8-20(9-7-19)25-24(30)26-21-10-12-22(13-11-21)31(28,29)27-23-17(3)14-16(2)15-18(23)4/h6-15,27H,5H2,1-4H3,(H2,25,26,30). The molecule has 5 nitrogen and oxygen atoms in total. The highest BCUT2D eigenvalue weighted by Crippen LogP contribution is 2.25. The van der Waals surface area contributed by atoms with E-state index in [-0.39, 0.29) is 4.90 Å². The first kappa shape index (κ1) is 22.8. The van der Waals surface area contributed by atoms with Gasteiger partial charge in [0.1, 0.15) is 0 Å². The number of thiocarbonyl (C=S) groups is 1. The molecule has 3 aromatic carbocycles. The fraction of sp³-hybridized carbons (Fsp3) is 0.208. The van der Waals surface area contributed by atoms with Crippen LogP contribution < -0.4 is 15.4 Å². The molecule has 0 unspecified atom stereocenters. The van der Waals surface area contributed by atoms with Gasteiger partial charge in [0.15, 0.2) is 5.11 Å². The van der Waals surface area contributed by atoms with Gasteiger partial charge in [-0.3, -0.25) is 4.72 Å². The summed E-state index contributed by atoms with van der Waals surface area (Å²) < 4.78 is 28.4. The third kappa shape index (κ3) is 5.83. The summed E-state index contributed by atoms with van der Waals surface area (Å²) in [7, 11) is -3.70. The predicted octanol–water partition coefficient (Wildman–Crippen LogP) is 5.78. The minimum Gasteiger partial charge on any atom is -0.332 e. The molecule has 0 aliphatic rings. The molecule has 3 rings (SSSR count). The topological polar surface area (TPSA) is 70.2 Å². The van der Waals surface area contributed by atoms with Gasteiger partial charge < -0.3 is 10.6 Å². The van der Waals surface area contributed by atoms with Crippen LogP contribution in [0.5, 0.6) is 0 Å². The van der Waals surface area contributed by atoms with Crippen LogP contribution in [0, 0.1) is 20.8 Å². The summed E-state index contributed by atoms with van der Waals surface area (Å²) in [5.74, 6) is 0. The smallest absolute Gasteiger partial charge is 0.261 e. The van der Waals surface area contributed by atoms with Crippen molar-refractivity contribution in [1.82, 2.24) is 0 Å². The number of hydrogen-bond acceptors (Lipinski definition) is 3. The molecule has 0 saturated carbocycles. The van der Waals surface area contributed by atoms with E-state index >= 15 is 0 Å². The second kappa shape index (κ2) is 9.49. The first-order valence-electron chi connectivity index (χ1n) is 10.1. The molecule has 0 atom stereocenters. The highest BCUT2D eigenvalue weighted by Gasteiger charge is 2.17. The monoisotopic (exact) mass is 453 g/mol. The van der Waals surface area contributed by atoms with Gasteiger partial charge in [-0.2, -0.15) is 0 Å². The summed E-state index contributed by atoms with van der Waals surface area (Å²) in [4.78, 5) is 0.187. The molecule has 31 heavy (non-hydrogen) atoms. The second-order valence-corrected chi connectivity index (χ2v) is 9.62. The average Bonchev–Trinajstić information content (AvgIpc) is 2.71. The van der Waals surface area contributed by atoms with Crippen molar-refractivity contribution in [2.75, 3.05) is 15.4 Å². The second-order valence-electron chi connectivity index (χ2n) is 7.53. The van der Waals surface area contributed by atoms with Gasteiger partial charge in [0.05, 0.1) is 10.6 Å². The average molecular weight is 454 g/mol. The molecule has 0 saturated heterocycles. The lowest BCUT2D eigenvalue weighted by Gasteiger charge is -2.15. The third-order valence-corrected chi connectivity index (χ3v) is 6.53. The van der Waals surface area contributed by atoms with Crippen LogP contribution in [0.1, 0.15) is 29.2 Å². The number of sulfonamides is 1. The van der Waals surface area contributed by atoms with E-state index in [1.165, 1.54) is 5.56 Å². The Bertz CT molecular complexity index is 1160. The molecular formula is C24H27N3O2S2. The van der Waals surface area contributed by atoms with Gasteiger partial charge >= 0.3 is 0 Å². The Hall–Kier alpha value is -2.90. The molecule has 0 radical (unpaired) electrons. The van der Waals surface area contributed by atoms with Crippen molar-refractivity contribution >= 4 is 44.4 Å². The van der Waals surface area contributed by atoms with Crippen molar-refractivity contribution in [1.29, 1.82) is 0 Å². The van der Waals surface area contributed by atoms with E-state index in [1.807, 2.05) is 45.0 Å². The van der Waals surface area contributed by atoms with Gasteiger partial charge in [0.25, 0.3) is 10.0 Å². The van der Waals surface area contributed by atoms with Crippen LogP contribution in [0.3, 0.4) is 0 Å². The minimum atomic E-state index is -3.70. The van der Waals surface area contributed by atoms with Crippen molar-refractivity contribution in [3.8, 4) is 0 Å². The lowest BCUT2D eigenvalue weighted by Crippen LogP contribution is -2.19. The van der Waals surface area contributed by atoms with Gasteiger partial charge in [-0.05, 0) is 92.5 Å². The zero-order chi connectivity index (χ0) is 22.6. The molecule has 7 heteroatoms. The van der Waals surface area contributed by atoms with E-state index in [4.69, 9.17) is 12.2 Å². The van der Waals surface area contributed by atoms with E-state index in [1.54, 1.807) is 24.3 Å². The largest absolute Gasteiger partial charge is 0.332 e. The van der Waals surface area contributed by atoms with Crippen LogP contribution in [0.2, 0.25) is 0 Å². The van der Waals surface area contributed by atoms with E-state index < -0.39 is 10.0 Å². The van der Waals surface area contributed by atoms with Gasteiger partial charge in [0.2, 0.25) is 0 Å². The van der Waals surface area contributed by atoms with Crippen LogP contribution in [-0.4, -0.2) is 13.5 Å². The molecule has 3 aromatic rings. The molecule has 0 spiro atoms. The van der Waals surface area contributed by atoms with E-state index in [2.05, 4.69) is 34.4 Å². The van der Waals surface area contributed by atoms with E-state index in [0.29, 0.717) is 16.5 Å². The maximum atomic E-state index is 12.8. The van der Waals surface area contributed by atoms with Gasteiger partial charge in [-0.1, -0.05) is 36.8 Å². The molecule has 0 amide bonds. The van der Waals surface area contributed by atoms with Crippen LogP contribution in [0.4, 0.5) is 17.1 Å². The fourth-order valence-corrected chi connectivity index (χ4v) is 4.81. The molecule has 0 fully saturated rings. The van der Waals surface area contributed by atoms with Crippen molar-refractivity contribution in [3.63, 3.8) is 0 Å². The molecule has 162 valence electrons. The normalized spacial score (nSPS) is 11.1. The quantitative estimate of drug-likeness (QED) is 0.413. The Balaban J connectivity index is 1.68. The number of rotatable bonds is 6. The number of aryl methyl sites for hydroxylation is 4. The van der Waals surface area contributed by atoms with Gasteiger partial charge in [-0.15, -0.1) is 0 Å². The lowest BCUT2D eigenvalue weighted by atomic mass is 10.1. The van der Waals surface area contributed by atoms with Gasteiger partial charge in [-0.25, -0.2) is 8.42 Å². The number of hydrogen-bond donors (Lipinski definition) is 3. The zero-order valence-electron chi connectivity index (χ0n) is 18.1. The number of anilines is 3. The van der Waals surface area contributed by atoms with Gasteiger partial charge in [0, 0.05) is 11.4 Å². The van der Waals surface area contributed by atoms with Crippen molar-refractivity contribution < 1.29 is 8.42 Å². The Labute approximate surface area is 190 Å². The highest BCUT2D eigenvalue weighted by molar-refractivity contribution is 7.92. The molecule has 0 bridgehead atoms. The van der Waals surface area contributed by atoms with E-state index in [0.717, 1.165) is 28.8 Å². The number of nitrogens with one attached hydrogen (secondary N) is 3. The zero-order valence-corrected chi connectivity index (χ0v) is 19.7. The third-order valence-electron chi connectivity index (χ3n) is 4.96. The Morgan fingerprint density at radius 1 is 0.839 bits per heavy atom. The minimum absolute atomic E-state index is 0.187. The maximum absolute atomic E-state index is 12.8.